The average Bonchev–Trinajstić information content (AvgIpc) is 2.43. The largest absolute Gasteiger partial charge is 0.295 e. The molecule has 1 aliphatic rings. The van der Waals surface area contributed by atoms with Crippen LogP contribution in [0.4, 0.5) is 0 Å². The Bertz CT molecular complexity index is 643. The topological polar surface area (TPSA) is 60.2 Å². The predicted molar refractivity (Wildman–Crippen MR) is 82.4 cm³/mol. The summed E-state index contributed by atoms with van der Waals surface area (Å²) in [5, 5.41) is 11.4. The monoisotopic (exact) mass is 285 g/mol. The van der Waals surface area contributed by atoms with E-state index in [2.05, 4.69) is 0 Å². The molecule has 4 nitrogen and oxygen atoms in total. The van der Waals surface area contributed by atoms with Crippen LogP contribution < -0.4 is 0 Å². The highest BCUT2D eigenvalue weighted by Crippen LogP contribution is 2.39. The Hall–Kier alpha value is -2.23. The van der Waals surface area contributed by atoms with Crippen molar-refractivity contribution in [3.8, 4) is 0 Å². The van der Waals surface area contributed by atoms with Gasteiger partial charge < -0.3 is 0 Å². The van der Waals surface area contributed by atoms with Gasteiger partial charge in [0, 0.05) is 30.3 Å². The SMILES string of the molecule is CC(=O)C1=C(C)/C(=C/c2ccccc2)CC(C)([N+](=O)[O-])C1. The molecule has 1 aliphatic carbocycles. The van der Waals surface area contributed by atoms with Gasteiger partial charge >= 0.3 is 0 Å². The molecule has 0 saturated heterocycles. The van der Waals surface area contributed by atoms with Crippen LogP contribution in [0.1, 0.15) is 39.2 Å². The number of nitro groups is 1. The Morgan fingerprint density at radius 1 is 1.29 bits per heavy atom. The molecule has 1 aromatic carbocycles. The highest BCUT2D eigenvalue weighted by atomic mass is 16.6. The first-order valence-electron chi connectivity index (χ1n) is 6.95. The molecule has 2 rings (SSSR count). The zero-order chi connectivity index (χ0) is 15.6. The van der Waals surface area contributed by atoms with Crippen LogP contribution in [0, 0.1) is 10.1 Å². The van der Waals surface area contributed by atoms with Crippen LogP contribution >= 0.6 is 0 Å². The number of ketones is 1. The van der Waals surface area contributed by atoms with Gasteiger partial charge in [-0.1, -0.05) is 36.4 Å². The van der Waals surface area contributed by atoms with Crippen LogP contribution in [0.15, 0.2) is 47.1 Å². The lowest BCUT2D eigenvalue weighted by Crippen LogP contribution is -2.39. The van der Waals surface area contributed by atoms with Gasteiger partial charge in [-0.25, -0.2) is 0 Å². The Labute approximate surface area is 124 Å². The van der Waals surface area contributed by atoms with Gasteiger partial charge in [0.15, 0.2) is 5.78 Å². The van der Waals surface area contributed by atoms with Gasteiger partial charge in [-0.05, 0) is 30.6 Å². The van der Waals surface area contributed by atoms with E-state index in [1.807, 2.05) is 43.3 Å². The van der Waals surface area contributed by atoms with E-state index < -0.39 is 5.54 Å². The molecule has 1 unspecified atom stereocenters. The van der Waals surface area contributed by atoms with Gasteiger partial charge in [0.1, 0.15) is 0 Å². The third kappa shape index (κ3) is 3.10. The van der Waals surface area contributed by atoms with Gasteiger partial charge in [-0.15, -0.1) is 0 Å². The standard InChI is InChI=1S/C17H19NO3/c1-12-15(9-14-7-5-4-6-8-14)10-17(3,18(20)21)11-16(12)13(2)19/h4-9H,10-11H2,1-3H3/b15-9+. The molecule has 0 radical (unpaired) electrons. The molecule has 0 aromatic heterocycles. The van der Waals surface area contributed by atoms with Crippen LogP contribution in [0.5, 0.6) is 0 Å². The summed E-state index contributed by atoms with van der Waals surface area (Å²) in [4.78, 5) is 22.9. The van der Waals surface area contributed by atoms with Crippen molar-refractivity contribution in [3.05, 3.63) is 62.7 Å². The number of hydrogen-bond donors (Lipinski definition) is 0. The maximum absolute atomic E-state index is 11.8. The fourth-order valence-electron chi connectivity index (χ4n) is 2.74. The first kappa shape index (κ1) is 15.2. The van der Waals surface area contributed by atoms with E-state index in [0.29, 0.717) is 12.0 Å². The molecule has 0 heterocycles. The predicted octanol–water partition coefficient (Wildman–Crippen LogP) is 3.80. The number of carbonyl (C=O) groups is 1. The number of rotatable bonds is 3. The molecule has 4 heteroatoms. The first-order chi connectivity index (χ1) is 9.83. The number of Topliss-reactive ketones (excluding diaryl/α,β-unsaturated/α-hetero) is 1. The van der Waals surface area contributed by atoms with Crippen LogP contribution in [0.3, 0.4) is 0 Å². The van der Waals surface area contributed by atoms with E-state index in [1.54, 1.807) is 6.92 Å². The Morgan fingerprint density at radius 3 is 2.43 bits per heavy atom. The summed E-state index contributed by atoms with van der Waals surface area (Å²) in [5.41, 5.74) is 2.20. The number of benzene rings is 1. The van der Waals surface area contributed by atoms with Crippen LogP contribution in [0.2, 0.25) is 0 Å². The van der Waals surface area contributed by atoms with Crippen molar-refractivity contribution in [1.82, 2.24) is 0 Å². The number of allylic oxidation sites excluding steroid dienone is 1. The smallest absolute Gasteiger partial charge is 0.227 e. The fourth-order valence-corrected chi connectivity index (χ4v) is 2.74. The molecule has 0 spiro atoms. The van der Waals surface area contributed by atoms with E-state index in [4.69, 9.17) is 0 Å². The summed E-state index contributed by atoms with van der Waals surface area (Å²) < 4.78 is 0. The molecule has 0 saturated carbocycles. The van der Waals surface area contributed by atoms with Crippen LogP contribution in [-0.2, 0) is 4.79 Å². The van der Waals surface area contributed by atoms with E-state index >= 15 is 0 Å². The van der Waals surface area contributed by atoms with E-state index in [9.17, 15) is 14.9 Å². The molecule has 0 fully saturated rings. The van der Waals surface area contributed by atoms with Crippen LogP contribution in [-0.4, -0.2) is 16.2 Å². The normalized spacial score (nSPS) is 24.2. The van der Waals surface area contributed by atoms with Gasteiger partial charge in [-0.3, -0.25) is 14.9 Å². The molecule has 0 bridgehead atoms. The van der Waals surface area contributed by atoms with Crippen LogP contribution in [0.25, 0.3) is 6.08 Å². The molecule has 0 aliphatic heterocycles. The lowest BCUT2D eigenvalue weighted by atomic mass is 9.75. The van der Waals surface area contributed by atoms with Gasteiger partial charge in [0.2, 0.25) is 5.54 Å². The second-order valence-electron chi connectivity index (χ2n) is 5.85. The minimum atomic E-state index is -1.11. The summed E-state index contributed by atoms with van der Waals surface area (Å²) in [6, 6.07) is 9.67. The lowest BCUT2D eigenvalue weighted by Gasteiger charge is -2.29. The Kier molecular flexibility index (Phi) is 4.07. The Balaban J connectivity index is 2.53. The molecule has 0 N–H and O–H groups in total. The number of carbonyl (C=O) groups excluding carboxylic acids is 1. The fraction of sp³-hybridized carbons (Fsp3) is 0.353. The molecule has 110 valence electrons. The third-order valence-electron chi connectivity index (χ3n) is 4.07. The second kappa shape index (κ2) is 5.64. The van der Waals surface area contributed by atoms with E-state index in [0.717, 1.165) is 16.7 Å². The number of nitrogens with zero attached hydrogens (tertiary/aromatic N) is 1. The van der Waals surface area contributed by atoms with Crippen molar-refractivity contribution >= 4 is 11.9 Å². The Morgan fingerprint density at radius 2 is 1.90 bits per heavy atom. The zero-order valence-corrected chi connectivity index (χ0v) is 12.6. The second-order valence-corrected chi connectivity index (χ2v) is 5.85. The van der Waals surface area contributed by atoms with Crippen molar-refractivity contribution in [2.24, 2.45) is 0 Å². The minimum absolute atomic E-state index is 0.0840. The molecule has 1 atom stereocenters. The zero-order valence-electron chi connectivity index (χ0n) is 12.6. The van der Waals surface area contributed by atoms with Gasteiger partial charge in [0.05, 0.1) is 0 Å². The van der Waals surface area contributed by atoms with Gasteiger partial charge in [-0.2, -0.15) is 0 Å². The molecule has 21 heavy (non-hydrogen) atoms. The third-order valence-corrected chi connectivity index (χ3v) is 4.07. The average molecular weight is 285 g/mol. The number of hydrogen-bond acceptors (Lipinski definition) is 3. The minimum Gasteiger partial charge on any atom is -0.295 e. The van der Waals surface area contributed by atoms with Crippen molar-refractivity contribution in [3.63, 3.8) is 0 Å². The van der Waals surface area contributed by atoms with Crippen molar-refractivity contribution < 1.29 is 9.72 Å². The highest BCUT2D eigenvalue weighted by molar-refractivity contribution is 5.95. The quantitative estimate of drug-likeness (QED) is 0.626. The molecule has 1 aromatic rings. The van der Waals surface area contributed by atoms with Crippen molar-refractivity contribution in [2.45, 2.75) is 39.2 Å². The first-order valence-corrected chi connectivity index (χ1v) is 6.95. The molecular weight excluding hydrogens is 266 g/mol. The van der Waals surface area contributed by atoms with Crippen molar-refractivity contribution in [1.29, 1.82) is 0 Å². The van der Waals surface area contributed by atoms with E-state index in [1.165, 1.54) is 6.92 Å². The summed E-state index contributed by atoms with van der Waals surface area (Å²) >= 11 is 0. The molecular formula is C17H19NO3. The highest BCUT2D eigenvalue weighted by Gasteiger charge is 2.43. The van der Waals surface area contributed by atoms with Gasteiger partial charge in [0.25, 0.3) is 0 Å². The maximum atomic E-state index is 11.8. The maximum Gasteiger partial charge on any atom is 0.227 e. The molecule has 0 amide bonds. The van der Waals surface area contributed by atoms with Crippen molar-refractivity contribution in [2.75, 3.05) is 0 Å². The summed E-state index contributed by atoms with van der Waals surface area (Å²) in [7, 11) is 0. The summed E-state index contributed by atoms with van der Waals surface area (Å²) in [6.45, 7) is 4.97. The summed E-state index contributed by atoms with van der Waals surface area (Å²) in [6.07, 6.45) is 2.49. The summed E-state index contributed by atoms with van der Waals surface area (Å²) in [5.74, 6) is -0.0840. The van der Waals surface area contributed by atoms with E-state index in [-0.39, 0.29) is 17.1 Å². The lowest BCUT2D eigenvalue weighted by molar-refractivity contribution is -0.564.